The van der Waals surface area contributed by atoms with Crippen LogP contribution in [0.5, 0.6) is 0 Å². The third kappa shape index (κ3) is 25.4. The third-order valence-electron chi connectivity index (χ3n) is 3.84. The van der Waals surface area contributed by atoms with Crippen molar-refractivity contribution >= 4 is 0 Å². The maximum atomic E-state index is 11.9. The number of alkyl halides is 3. The summed E-state index contributed by atoms with van der Waals surface area (Å²) in [5.74, 6) is 0. The first-order chi connectivity index (χ1) is 13.1. The Morgan fingerprint density at radius 3 is 1.44 bits per heavy atom. The monoisotopic (exact) mass is 398 g/mol. The van der Waals surface area contributed by atoms with Gasteiger partial charge in [0.1, 0.15) is 0 Å². The number of unbranched alkanes of at least 4 members (excludes halogenated alkanes) is 7. The van der Waals surface area contributed by atoms with Gasteiger partial charge in [0.15, 0.2) is 0 Å². The van der Waals surface area contributed by atoms with Gasteiger partial charge in [-0.2, -0.15) is 13.2 Å². The summed E-state index contributed by atoms with van der Waals surface area (Å²) in [5.41, 5.74) is 0. The van der Waals surface area contributed by atoms with Gasteiger partial charge in [-0.1, -0.05) is 38.2 Å². The first kappa shape index (κ1) is 26.4. The summed E-state index contributed by atoms with van der Waals surface area (Å²) >= 11 is 0. The van der Waals surface area contributed by atoms with Crippen molar-refractivity contribution in [2.75, 3.05) is 52.9 Å². The normalized spacial score (nSPS) is 11.8. The van der Waals surface area contributed by atoms with E-state index in [2.05, 4.69) is 6.58 Å². The molecule has 0 amide bonds. The molecule has 162 valence electrons. The third-order valence-corrected chi connectivity index (χ3v) is 3.84. The Balaban J connectivity index is 3.02. The zero-order valence-corrected chi connectivity index (χ0v) is 16.6. The van der Waals surface area contributed by atoms with Gasteiger partial charge in [-0.05, 0) is 19.3 Å². The summed E-state index contributed by atoms with van der Waals surface area (Å²) < 4.78 is 56.5. The quantitative estimate of drug-likeness (QED) is 0.194. The Kier molecular flexibility index (Phi) is 19.6. The fraction of sp³-hybridized carbons (Fsp3) is 0.900. The van der Waals surface area contributed by atoms with Gasteiger partial charge < -0.3 is 18.9 Å². The highest BCUT2D eigenvalue weighted by atomic mass is 19.4. The van der Waals surface area contributed by atoms with E-state index in [4.69, 9.17) is 18.9 Å². The Bertz CT molecular complexity index is 312. The minimum atomic E-state index is -4.16. The highest BCUT2D eigenvalue weighted by molar-refractivity contribution is 4.65. The van der Waals surface area contributed by atoms with E-state index in [-0.39, 0.29) is 19.8 Å². The van der Waals surface area contributed by atoms with Gasteiger partial charge in [0, 0.05) is 6.61 Å². The van der Waals surface area contributed by atoms with Crippen molar-refractivity contribution in [3.05, 3.63) is 12.7 Å². The molecule has 0 aromatic rings. The van der Waals surface area contributed by atoms with Crippen LogP contribution >= 0.6 is 0 Å². The van der Waals surface area contributed by atoms with Crippen LogP contribution in [0.15, 0.2) is 12.7 Å². The molecule has 0 fully saturated rings. The van der Waals surface area contributed by atoms with Crippen molar-refractivity contribution in [2.45, 2.75) is 64.0 Å². The van der Waals surface area contributed by atoms with E-state index >= 15 is 0 Å². The molecule has 0 unspecified atom stereocenters. The van der Waals surface area contributed by atoms with Gasteiger partial charge in [0.25, 0.3) is 0 Å². The molecule has 0 aromatic heterocycles. The van der Waals surface area contributed by atoms with E-state index in [0.717, 1.165) is 19.4 Å². The zero-order valence-electron chi connectivity index (χ0n) is 16.6. The van der Waals surface area contributed by atoms with Crippen LogP contribution < -0.4 is 0 Å². The average molecular weight is 399 g/mol. The molecular weight excluding hydrogens is 361 g/mol. The number of halogens is 3. The van der Waals surface area contributed by atoms with Gasteiger partial charge in [0.05, 0.1) is 52.7 Å². The van der Waals surface area contributed by atoms with Crippen LogP contribution in [0.3, 0.4) is 0 Å². The van der Waals surface area contributed by atoms with E-state index in [1.807, 2.05) is 6.08 Å². The Morgan fingerprint density at radius 1 is 0.556 bits per heavy atom. The molecule has 0 radical (unpaired) electrons. The smallest absolute Gasteiger partial charge is 0.379 e. The molecule has 0 aromatic carbocycles. The van der Waals surface area contributed by atoms with E-state index in [0.29, 0.717) is 26.4 Å². The van der Waals surface area contributed by atoms with E-state index < -0.39 is 12.6 Å². The molecule has 0 heterocycles. The van der Waals surface area contributed by atoms with Crippen LogP contribution in [0.4, 0.5) is 13.2 Å². The Hall–Kier alpha value is -0.630. The molecule has 0 saturated heterocycles. The largest absolute Gasteiger partial charge is 0.391 e. The van der Waals surface area contributed by atoms with Crippen LogP contribution in [-0.4, -0.2) is 59.0 Å². The number of allylic oxidation sites excluding steroid dienone is 1. The number of hydrogen-bond acceptors (Lipinski definition) is 4. The predicted molar refractivity (Wildman–Crippen MR) is 101 cm³/mol. The summed E-state index contributed by atoms with van der Waals surface area (Å²) in [6, 6.07) is 0. The molecule has 0 bridgehead atoms. The maximum absolute atomic E-state index is 11.9. The zero-order chi connectivity index (χ0) is 20.1. The molecule has 0 atom stereocenters. The van der Waals surface area contributed by atoms with Crippen molar-refractivity contribution < 1.29 is 32.1 Å². The Labute approximate surface area is 162 Å². The fourth-order valence-corrected chi connectivity index (χ4v) is 2.33. The summed E-state index contributed by atoms with van der Waals surface area (Å²) in [6.07, 6.45) is 6.75. The Morgan fingerprint density at radius 2 is 0.963 bits per heavy atom. The molecule has 0 aliphatic heterocycles. The highest BCUT2D eigenvalue weighted by Gasteiger charge is 2.26. The van der Waals surface area contributed by atoms with Gasteiger partial charge in [0.2, 0.25) is 0 Å². The number of ether oxygens (including phenoxy) is 4. The van der Waals surface area contributed by atoms with Crippen LogP contribution in [0.25, 0.3) is 0 Å². The molecule has 0 N–H and O–H groups in total. The molecule has 0 saturated carbocycles. The number of rotatable bonds is 21. The average Bonchev–Trinajstić information content (AvgIpc) is 2.62. The van der Waals surface area contributed by atoms with Crippen LogP contribution in [0, 0.1) is 0 Å². The number of hydrogen-bond donors (Lipinski definition) is 0. The first-order valence-corrected chi connectivity index (χ1v) is 10.0. The van der Waals surface area contributed by atoms with Gasteiger partial charge in [-0.3, -0.25) is 0 Å². The van der Waals surface area contributed by atoms with Crippen LogP contribution in [0.1, 0.15) is 57.8 Å². The SMILES string of the molecule is C=CCCCCCCCCCOCCOCCOCCOCCC(F)(F)F. The van der Waals surface area contributed by atoms with Crippen LogP contribution in [0.2, 0.25) is 0 Å². The second-order valence-corrected chi connectivity index (χ2v) is 6.37. The first-order valence-electron chi connectivity index (χ1n) is 10.0. The summed E-state index contributed by atoms with van der Waals surface area (Å²) in [6.45, 7) is 6.54. The van der Waals surface area contributed by atoms with Gasteiger partial charge >= 0.3 is 6.18 Å². The maximum Gasteiger partial charge on any atom is 0.391 e. The lowest BCUT2D eigenvalue weighted by atomic mass is 10.1. The molecule has 27 heavy (non-hydrogen) atoms. The van der Waals surface area contributed by atoms with Crippen molar-refractivity contribution in [1.82, 2.24) is 0 Å². The molecule has 0 aliphatic rings. The van der Waals surface area contributed by atoms with Crippen molar-refractivity contribution in [3.63, 3.8) is 0 Å². The minimum absolute atomic E-state index is 0.161. The topological polar surface area (TPSA) is 36.9 Å². The highest BCUT2D eigenvalue weighted by Crippen LogP contribution is 2.18. The van der Waals surface area contributed by atoms with E-state index in [1.165, 1.54) is 38.5 Å². The van der Waals surface area contributed by atoms with E-state index in [9.17, 15) is 13.2 Å². The summed E-state index contributed by atoms with van der Waals surface area (Å²) in [4.78, 5) is 0. The second-order valence-electron chi connectivity index (χ2n) is 6.37. The summed E-state index contributed by atoms with van der Waals surface area (Å²) in [7, 11) is 0. The molecule has 4 nitrogen and oxygen atoms in total. The van der Waals surface area contributed by atoms with Crippen molar-refractivity contribution in [2.24, 2.45) is 0 Å². The molecule has 0 spiro atoms. The van der Waals surface area contributed by atoms with Crippen molar-refractivity contribution in [1.29, 1.82) is 0 Å². The molecule has 0 aliphatic carbocycles. The summed E-state index contributed by atoms with van der Waals surface area (Å²) in [5, 5.41) is 0. The molecule has 0 rings (SSSR count). The lowest BCUT2D eigenvalue weighted by molar-refractivity contribution is -0.146. The standard InChI is InChI=1S/C20H37F3O4/c1-2-3-4-5-6-7-8-9-10-12-24-14-16-26-18-19-27-17-15-25-13-11-20(21,22)23/h2H,1,3-19H2. The lowest BCUT2D eigenvalue weighted by Crippen LogP contribution is -2.15. The lowest BCUT2D eigenvalue weighted by Gasteiger charge is -2.08. The van der Waals surface area contributed by atoms with Crippen molar-refractivity contribution in [3.8, 4) is 0 Å². The predicted octanol–water partition coefficient (Wildman–Crippen LogP) is 5.31. The minimum Gasteiger partial charge on any atom is -0.379 e. The van der Waals surface area contributed by atoms with Gasteiger partial charge in [-0.25, -0.2) is 0 Å². The van der Waals surface area contributed by atoms with Gasteiger partial charge in [-0.15, -0.1) is 6.58 Å². The molecule has 7 heteroatoms. The van der Waals surface area contributed by atoms with Crippen LogP contribution in [-0.2, 0) is 18.9 Å². The fourth-order valence-electron chi connectivity index (χ4n) is 2.33. The van der Waals surface area contributed by atoms with E-state index in [1.54, 1.807) is 0 Å². The molecular formula is C20H37F3O4. The second kappa shape index (κ2) is 20.1.